The van der Waals surface area contributed by atoms with E-state index in [1.165, 1.54) is 35.6 Å². The van der Waals surface area contributed by atoms with Crippen LogP contribution < -0.4 is 4.72 Å². The van der Waals surface area contributed by atoms with Crippen molar-refractivity contribution >= 4 is 21.4 Å². The van der Waals surface area contributed by atoms with Gasteiger partial charge in [-0.25, -0.2) is 22.5 Å². The van der Waals surface area contributed by atoms with Crippen LogP contribution in [0.4, 0.5) is 4.39 Å². The van der Waals surface area contributed by atoms with Gasteiger partial charge >= 0.3 is 0 Å². The van der Waals surface area contributed by atoms with E-state index >= 15 is 0 Å². The maximum absolute atomic E-state index is 12.7. The monoisotopic (exact) mass is 300 g/mol. The molecule has 1 aromatic carbocycles. The summed E-state index contributed by atoms with van der Waals surface area (Å²) in [6.07, 6.45) is 0. The summed E-state index contributed by atoms with van der Waals surface area (Å²) < 4.78 is 38.9. The van der Waals surface area contributed by atoms with Gasteiger partial charge in [-0.15, -0.1) is 11.3 Å². The van der Waals surface area contributed by atoms with E-state index in [-0.39, 0.29) is 18.1 Å². The van der Waals surface area contributed by atoms with Crippen LogP contribution in [0.2, 0.25) is 0 Å². The molecular formula is C12H13FN2O2S2. The van der Waals surface area contributed by atoms with Crippen LogP contribution in [0.1, 0.15) is 16.3 Å². The zero-order valence-corrected chi connectivity index (χ0v) is 11.9. The van der Waals surface area contributed by atoms with Gasteiger partial charge in [0.2, 0.25) is 10.0 Å². The highest BCUT2D eigenvalue weighted by atomic mass is 32.2. The molecule has 0 amide bonds. The molecule has 2 aromatic rings. The molecule has 4 nitrogen and oxygen atoms in total. The lowest BCUT2D eigenvalue weighted by Crippen LogP contribution is -2.24. The van der Waals surface area contributed by atoms with Crippen molar-refractivity contribution in [3.05, 3.63) is 51.7 Å². The number of nitrogens with one attached hydrogen (secondary N) is 1. The Kier molecular flexibility index (Phi) is 4.28. The third-order valence-electron chi connectivity index (χ3n) is 2.38. The molecule has 0 aliphatic heterocycles. The zero-order chi connectivity index (χ0) is 13.9. The van der Waals surface area contributed by atoms with Crippen molar-refractivity contribution < 1.29 is 12.8 Å². The quantitative estimate of drug-likeness (QED) is 0.921. The Hall–Kier alpha value is -1.31. The van der Waals surface area contributed by atoms with Crippen molar-refractivity contribution in [3.63, 3.8) is 0 Å². The molecule has 1 aromatic heterocycles. The van der Waals surface area contributed by atoms with Crippen molar-refractivity contribution in [1.29, 1.82) is 0 Å². The van der Waals surface area contributed by atoms with Crippen molar-refractivity contribution in [2.24, 2.45) is 0 Å². The number of benzene rings is 1. The molecule has 7 heteroatoms. The predicted molar refractivity (Wildman–Crippen MR) is 72.7 cm³/mol. The molecule has 0 saturated heterocycles. The summed E-state index contributed by atoms with van der Waals surface area (Å²) >= 11 is 1.41. The second-order valence-electron chi connectivity index (χ2n) is 4.09. The molecule has 1 heterocycles. The molecule has 2 rings (SSSR count). The smallest absolute Gasteiger partial charge is 0.216 e. The third kappa shape index (κ3) is 4.38. The highest BCUT2D eigenvalue weighted by Gasteiger charge is 2.12. The van der Waals surface area contributed by atoms with E-state index in [2.05, 4.69) is 9.71 Å². The van der Waals surface area contributed by atoms with E-state index in [4.69, 9.17) is 0 Å². The van der Waals surface area contributed by atoms with Crippen LogP contribution in [0, 0.1) is 12.7 Å². The van der Waals surface area contributed by atoms with Gasteiger partial charge in [0.25, 0.3) is 0 Å². The lowest BCUT2D eigenvalue weighted by molar-refractivity contribution is 0.580. The maximum atomic E-state index is 12.7. The fourth-order valence-corrected chi connectivity index (χ4v) is 3.40. The molecule has 0 radical (unpaired) electrons. The molecular weight excluding hydrogens is 287 g/mol. The summed E-state index contributed by atoms with van der Waals surface area (Å²) in [5, 5.41) is 2.59. The number of aryl methyl sites for hydroxylation is 1. The lowest BCUT2D eigenvalue weighted by atomic mass is 10.2. The Balaban J connectivity index is 1.97. The summed E-state index contributed by atoms with van der Waals surface area (Å²) in [5.74, 6) is -0.551. The summed E-state index contributed by atoms with van der Waals surface area (Å²) in [4.78, 5) is 4.17. The third-order valence-corrected chi connectivity index (χ3v) is 4.64. The number of hydrogen-bond acceptors (Lipinski definition) is 4. The van der Waals surface area contributed by atoms with Gasteiger partial charge < -0.3 is 0 Å². The van der Waals surface area contributed by atoms with Crippen molar-refractivity contribution in [3.8, 4) is 0 Å². The maximum Gasteiger partial charge on any atom is 0.216 e. The molecule has 102 valence electrons. The molecule has 1 N–H and O–H groups in total. The SMILES string of the molecule is Cc1csc(CNS(=O)(=O)Cc2ccc(F)cc2)n1. The van der Waals surface area contributed by atoms with Gasteiger partial charge in [-0.1, -0.05) is 12.1 Å². The standard InChI is InChI=1S/C12H13FN2O2S2/c1-9-7-18-12(15-9)6-14-19(16,17)8-10-2-4-11(13)5-3-10/h2-5,7,14H,6,8H2,1H3. The number of aromatic nitrogens is 1. The van der Waals surface area contributed by atoms with Gasteiger partial charge in [-0.3, -0.25) is 0 Å². The molecule has 19 heavy (non-hydrogen) atoms. The fourth-order valence-electron chi connectivity index (χ4n) is 1.51. The first-order chi connectivity index (χ1) is 8.94. The predicted octanol–water partition coefficient (Wildman–Crippen LogP) is 2.21. The minimum absolute atomic E-state index is 0.169. The number of thiazole rings is 1. The molecule has 0 aliphatic carbocycles. The van der Waals surface area contributed by atoms with Crippen molar-refractivity contribution in [1.82, 2.24) is 9.71 Å². The minimum atomic E-state index is -3.44. The highest BCUT2D eigenvalue weighted by molar-refractivity contribution is 7.88. The fraction of sp³-hybridized carbons (Fsp3) is 0.250. The number of nitrogens with zero attached hydrogens (tertiary/aromatic N) is 1. The van der Waals surface area contributed by atoms with Crippen LogP contribution in [0.3, 0.4) is 0 Å². The Morgan fingerprint density at radius 1 is 1.32 bits per heavy atom. The first kappa shape index (κ1) is 14.1. The first-order valence-electron chi connectivity index (χ1n) is 5.57. The molecule has 0 aliphatic rings. The average molecular weight is 300 g/mol. The lowest BCUT2D eigenvalue weighted by Gasteiger charge is -2.05. The Morgan fingerprint density at radius 3 is 2.58 bits per heavy atom. The van der Waals surface area contributed by atoms with Crippen molar-refractivity contribution in [2.45, 2.75) is 19.2 Å². The van der Waals surface area contributed by atoms with Crippen LogP contribution >= 0.6 is 11.3 Å². The van der Waals surface area contributed by atoms with E-state index in [1.807, 2.05) is 12.3 Å². The second kappa shape index (κ2) is 5.77. The summed E-state index contributed by atoms with van der Waals surface area (Å²) in [7, 11) is -3.44. The molecule has 0 bridgehead atoms. The van der Waals surface area contributed by atoms with Gasteiger partial charge in [0.15, 0.2) is 0 Å². The van der Waals surface area contributed by atoms with E-state index in [0.29, 0.717) is 5.56 Å². The van der Waals surface area contributed by atoms with Gasteiger partial charge in [0.05, 0.1) is 12.3 Å². The molecule has 0 spiro atoms. The molecule has 0 fully saturated rings. The van der Waals surface area contributed by atoms with Gasteiger partial charge in [-0.2, -0.15) is 0 Å². The van der Waals surface area contributed by atoms with E-state index in [0.717, 1.165) is 10.7 Å². The number of hydrogen-bond donors (Lipinski definition) is 1. The highest BCUT2D eigenvalue weighted by Crippen LogP contribution is 2.10. The summed E-state index contributed by atoms with van der Waals surface area (Å²) in [6, 6.07) is 5.41. The van der Waals surface area contributed by atoms with E-state index in [9.17, 15) is 12.8 Å². The normalized spacial score (nSPS) is 11.7. The summed E-state index contributed by atoms with van der Waals surface area (Å²) in [6.45, 7) is 2.04. The van der Waals surface area contributed by atoms with Gasteiger partial charge in [0, 0.05) is 11.1 Å². The van der Waals surface area contributed by atoms with E-state index in [1.54, 1.807) is 0 Å². The second-order valence-corrected chi connectivity index (χ2v) is 6.84. The van der Waals surface area contributed by atoms with Crippen LogP contribution in [0.15, 0.2) is 29.6 Å². The Labute approximate surface area is 115 Å². The first-order valence-corrected chi connectivity index (χ1v) is 8.10. The van der Waals surface area contributed by atoms with Gasteiger partial charge in [-0.05, 0) is 24.6 Å². The zero-order valence-electron chi connectivity index (χ0n) is 10.3. The number of sulfonamides is 1. The van der Waals surface area contributed by atoms with Gasteiger partial charge in [0.1, 0.15) is 10.8 Å². The molecule has 0 saturated carbocycles. The van der Waals surface area contributed by atoms with Crippen LogP contribution in [0.25, 0.3) is 0 Å². The Morgan fingerprint density at radius 2 is 2.00 bits per heavy atom. The van der Waals surface area contributed by atoms with Crippen molar-refractivity contribution in [2.75, 3.05) is 0 Å². The molecule has 0 atom stereocenters. The Bertz CT molecular complexity index is 651. The number of rotatable bonds is 5. The molecule has 0 unspecified atom stereocenters. The van der Waals surface area contributed by atoms with Crippen LogP contribution in [-0.4, -0.2) is 13.4 Å². The topological polar surface area (TPSA) is 59.1 Å². The van der Waals surface area contributed by atoms with E-state index < -0.39 is 10.0 Å². The summed E-state index contributed by atoms with van der Waals surface area (Å²) in [5.41, 5.74) is 1.42. The minimum Gasteiger partial charge on any atom is -0.245 e. The van der Waals surface area contributed by atoms with Crippen LogP contribution in [-0.2, 0) is 22.3 Å². The largest absolute Gasteiger partial charge is 0.245 e. The average Bonchev–Trinajstić information content (AvgIpc) is 2.76. The number of halogens is 1. The van der Waals surface area contributed by atoms with Crippen LogP contribution in [0.5, 0.6) is 0 Å².